The second-order valence-electron chi connectivity index (χ2n) is 13.2. The van der Waals surface area contributed by atoms with E-state index in [9.17, 15) is 27.6 Å². The van der Waals surface area contributed by atoms with Gasteiger partial charge < -0.3 is 19.7 Å². The van der Waals surface area contributed by atoms with E-state index >= 15 is 4.39 Å². The number of nitrogens with one attached hydrogen (secondary N) is 1. The molecule has 2 amide bonds. The summed E-state index contributed by atoms with van der Waals surface area (Å²) >= 11 is 7.93. The number of hydrogen-bond donors (Lipinski definition) is 1. The van der Waals surface area contributed by atoms with Crippen molar-refractivity contribution >= 4 is 56.8 Å². The van der Waals surface area contributed by atoms with Crippen molar-refractivity contribution in [3.05, 3.63) is 63.7 Å². The highest BCUT2D eigenvalue weighted by Crippen LogP contribution is 2.32. The molecule has 0 unspecified atom stereocenters. The van der Waals surface area contributed by atoms with Crippen LogP contribution in [0.2, 0.25) is 5.02 Å². The van der Waals surface area contributed by atoms with E-state index in [-0.39, 0.29) is 72.4 Å². The van der Waals surface area contributed by atoms with Crippen LogP contribution in [0, 0.1) is 11.7 Å². The van der Waals surface area contributed by atoms with E-state index in [4.69, 9.17) is 16.3 Å². The van der Waals surface area contributed by atoms with Crippen molar-refractivity contribution in [3.63, 3.8) is 0 Å². The molecule has 3 fully saturated rings. The van der Waals surface area contributed by atoms with Gasteiger partial charge in [-0.05, 0) is 55.9 Å². The summed E-state index contributed by atoms with van der Waals surface area (Å²) in [5.74, 6) is -1.37. The molecule has 0 radical (unpaired) electrons. The third-order valence-electron chi connectivity index (χ3n) is 9.93. The molecule has 49 heavy (non-hydrogen) atoms. The van der Waals surface area contributed by atoms with Gasteiger partial charge in [-0.3, -0.25) is 19.4 Å². The Balaban J connectivity index is 1.12. The van der Waals surface area contributed by atoms with Crippen LogP contribution in [-0.2, 0) is 20.7 Å². The van der Waals surface area contributed by atoms with Crippen LogP contribution in [0.4, 0.5) is 23.2 Å². The summed E-state index contributed by atoms with van der Waals surface area (Å²) in [6, 6.07) is 9.58. The van der Waals surface area contributed by atoms with E-state index in [1.54, 1.807) is 10.3 Å². The van der Waals surface area contributed by atoms with Crippen molar-refractivity contribution in [2.45, 2.75) is 62.9 Å². The molecule has 8 nitrogen and oxygen atoms in total. The zero-order valence-corrected chi connectivity index (χ0v) is 28.5. The summed E-state index contributed by atoms with van der Waals surface area (Å²) < 4.78 is 61.5. The predicted molar refractivity (Wildman–Crippen MR) is 181 cm³/mol. The number of nitrogens with zero attached hydrogens (tertiary/aromatic N) is 3. The van der Waals surface area contributed by atoms with E-state index in [1.165, 1.54) is 22.3 Å². The number of amides is 2. The molecule has 2 aromatic carbocycles. The molecule has 2 saturated heterocycles. The number of aldehydes is 1. The Labute approximate surface area is 291 Å². The molecule has 0 spiro atoms. The van der Waals surface area contributed by atoms with E-state index in [1.807, 2.05) is 24.3 Å². The van der Waals surface area contributed by atoms with Gasteiger partial charge >= 0.3 is 6.18 Å². The predicted octanol–water partition coefficient (Wildman–Crippen LogP) is 6.41. The lowest BCUT2D eigenvalue weighted by Gasteiger charge is -2.38. The van der Waals surface area contributed by atoms with Crippen molar-refractivity contribution in [2.24, 2.45) is 5.92 Å². The largest absolute Gasteiger partial charge is 0.401 e. The highest BCUT2D eigenvalue weighted by Gasteiger charge is 2.40. The van der Waals surface area contributed by atoms with Gasteiger partial charge in [0.05, 0.1) is 48.0 Å². The van der Waals surface area contributed by atoms with Crippen LogP contribution in [0.25, 0.3) is 10.1 Å². The molecule has 3 aromatic rings. The Bertz CT molecular complexity index is 1660. The van der Waals surface area contributed by atoms with Crippen LogP contribution in [0.5, 0.6) is 0 Å². The van der Waals surface area contributed by atoms with Gasteiger partial charge in [0.1, 0.15) is 12.1 Å². The molecule has 1 aliphatic carbocycles. The first-order valence-electron chi connectivity index (χ1n) is 16.6. The van der Waals surface area contributed by atoms with Crippen molar-refractivity contribution in [1.29, 1.82) is 0 Å². The van der Waals surface area contributed by atoms with E-state index in [0.717, 1.165) is 48.1 Å². The maximum atomic E-state index is 15.5. The topological polar surface area (TPSA) is 82.2 Å². The second-order valence-corrected chi connectivity index (χ2v) is 14.5. The number of rotatable bonds is 10. The summed E-state index contributed by atoms with van der Waals surface area (Å²) in [5.41, 5.74) is 0.633. The van der Waals surface area contributed by atoms with Gasteiger partial charge in [0.25, 0.3) is 5.91 Å². The van der Waals surface area contributed by atoms with Crippen LogP contribution in [0.1, 0.15) is 48.0 Å². The molecule has 1 aromatic heterocycles. The summed E-state index contributed by atoms with van der Waals surface area (Å²) in [6.45, 7) is 1.14. The molecule has 264 valence electrons. The quantitative estimate of drug-likeness (QED) is 0.193. The Morgan fingerprint density at radius 3 is 2.51 bits per heavy atom. The first-order valence-corrected chi connectivity index (χ1v) is 17.9. The zero-order chi connectivity index (χ0) is 34.7. The van der Waals surface area contributed by atoms with Gasteiger partial charge in [0, 0.05) is 60.1 Å². The summed E-state index contributed by atoms with van der Waals surface area (Å²) in [7, 11) is 0. The maximum absolute atomic E-state index is 15.5. The lowest BCUT2D eigenvalue weighted by Crippen LogP contribution is -2.52. The van der Waals surface area contributed by atoms with Gasteiger partial charge in [0.15, 0.2) is 0 Å². The first kappa shape index (κ1) is 35.7. The Kier molecular flexibility index (Phi) is 11.2. The normalized spacial score (nSPS) is 24.0. The van der Waals surface area contributed by atoms with Crippen molar-refractivity contribution in [2.75, 3.05) is 51.2 Å². The number of piperazine rings is 1. The average Bonchev–Trinajstić information content (AvgIpc) is 3.71. The monoisotopic (exact) mass is 722 g/mol. The molecular formula is C35H39ClF4N4O4S. The molecule has 6 rings (SSSR count). The average molecular weight is 723 g/mol. The number of anilines is 1. The lowest BCUT2D eigenvalue weighted by atomic mass is 9.88. The number of fused-ring (bicyclic) bond motifs is 1. The molecule has 0 bridgehead atoms. The minimum Gasteiger partial charge on any atom is -0.376 e. The fraction of sp³-hybridized carbons (Fsp3) is 0.514. The van der Waals surface area contributed by atoms with Crippen molar-refractivity contribution in [1.82, 2.24) is 14.7 Å². The minimum absolute atomic E-state index is 0.0239. The fourth-order valence-electron chi connectivity index (χ4n) is 7.23. The molecule has 1 saturated carbocycles. The summed E-state index contributed by atoms with van der Waals surface area (Å²) in [5, 5.41) is 5.31. The SMILES string of the molecule is O=C[C@H]1CC[C@H](OC[C@@H]2C[C@H](N3CCN(CC(F)(F)F)CC3)CN2C(=O)Cc2cc(Cl)c(NC(=O)c3csc4ccccc34)cc2F)CC1. The Morgan fingerprint density at radius 2 is 1.80 bits per heavy atom. The number of hydrogen-bond acceptors (Lipinski definition) is 7. The minimum atomic E-state index is -4.26. The number of alkyl halides is 3. The lowest BCUT2D eigenvalue weighted by molar-refractivity contribution is -0.150. The van der Waals surface area contributed by atoms with E-state index in [2.05, 4.69) is 10.2 Å². The van der Waals surface area contributed by atoms with Crippen LogP contribution in [0.3, 0.4) is 0 Å². The van der Waals surface area contributed by atoms with Gasteiger partial charge in [0.2, 0.25) is 5.91 Å². The standard InChI is InChI=1S/C35H39ClF4N4O4S/c36-29-13-23(30(37)16-31(29)41-34(47)28-20-49-32-4-2-1-3-27(28)32)14-33(46)44-17-24(43-11-9-42(10-12-43)21-35(38,39)40)15-25(44)19-48-26-7-5-22(18-45)6-8-26/h1-4,13,16,18,20,22,24-26H,5-12,14-15,17,19,21H2,(H,41,47)/t22-,24-,25-,26-/m0/s1. The van der Waals surface area contributed by atoms with Crippen LogP contribution < -0.4 is 5.32 Å². The van der Waals surface area contributed by atoms with Crippen LogP contribution in [0.15, 0.2) is 41.8 Å². The summed E-state index contributed by atoms with van der Waals surface area (Å²) in [4.78, 5) is 43.3. The number of thiophene rings is 1. The molecule has 3 heterocycles. The van der Waals surface area contributed by atoms with Crippen molar-refractivity contribution in [3.8, 4) is 0 Å². The fourth-order valence-corrected chi connectivity index (χ4v) is 8.40. The molecule has 14 heteroatoms. The van der Waals surface area contributed by atoms with Gasteiger partial charge in [-0.15, -0.1) is 11.3 Å². The molecule has 1 N–H and O–H groups in total. The van der Waals surface area contributed by atoms with Gasteiger partial charge in [-0.2, -0.15) is 13.2 Å². The Hall–Kier alpha value is -3.10. The number of carbonyl (C=O) groups excluding carboxylic acids is 3. The highest BCUT2D eigenvalue weighted by atomic mass is 35.5. The smallest absolute Gasteiger partial charge is 0.376 e. The molecular weight excluding hydrogens is 684 g/mol. The third kappa shape index (κ3) is 8.80. The maximum Gasteiger partial charge on any atom is 0.401 e. The molecule has 2 aliphatic heterocycles. The number of benzene rings is 2. The van der Waals surface area contributed by atoms with Crippen molar-refractivity contribution < 1.29 is 36.7 Å². The number of likely N-dealkylation sites (tertiary alicyclic amines) is 1. The van der Waals surface area contributed by atoms with Gasteiger partial charge in [-0.1, -0.05) is 29.8 Å². The second kappa shape index (κ2) is 15.4. The van der Waals surface area contributed by atoms with E-state index < -0.39 is 24.4 Å². The highest BCUT2D eigenvalue weighted by molar-refractivity contribution is 7.17. The van der Waals surface area contributed by atoms with Gasteiger partial charge in [-0.25, -0.2) is 4.39 Å². The Morgan fingerprint density at radius 1 is 1.06 bits per heavy atom. The zero-order valence-electron chi connectivity index (χ0n) is 26.9. The number of carbonyl (C=O) groups is 3. The third-order valence-corrected chi connectivity index (χ3v) is 11.2. The summed E-state index contributed by atoms with van der Waals surface area (Å²) in [6.07, 6.45) is 0.0516. The molecule has 2 atom stereocenters. The van der Waals surface area contributed by atoms with E-state index in [0.29, 0.717) is 31.6 Å². The van der Waals surface area contributed by atoms with Crippen LogP contribution in [-0.4, -0.2) is 103 Å². The molecule has 3 aliphatic rings. The first-order chi connectivity index (χ1) is 23.5. The number of ether oxygens (including phenoxy) is 1. The number of halogens is 5. The van der Waals surface area contributed by atoms with Crippen LogP contribution >= 0.6 is 22.9 Å².